The maximum absolute atomic E-state index is 13.3. The fourth-order valence-corrected chi connectivity index (χ4v) is 5.30. The number of carboxylic acid groups (broad SMARTS) is 1. The number of amides is 2. The number of carboxylic acids is 1. The summed E-state index contributed by atoms with van der Waals surface area (Å²) in [6.45, 7) is 0. The molecule has 0 radical (unpaired) electrons. The quantitative estimate of drug-likeness (QED) is 0.424. The Balaban J connectivity index is 1.36. The van der Waals surface area contributed by atoms with Crippen molar-refractivity contribution in [2.75, 3.05) is 4.90 Å². The number of benzene rings is 3. The summed E-state index contributed by atoms with van der Waals surface area (Å²) in [6, 6.07) is 16.0. The molecule has 6 nitrogen and oxygen atoms in total. The second-order valence-corrected chi connectivity index (χ2v) is 9.97. The van der Waals surface area contributed by atoms with Gasteiger partial charge in [0, 0.05) is 17.1 Å². The molecule has 0 saturated heterocycles. The molecule has 3 aromatic carbocycles. The molecular formula is C26H19Cl3N2O4. The highest BCUT2D eigenvalue weighted by atomic mass is 35.5. The predicted octanol–water partition coefficient (Wildman–Crippen LogP) is 5.78. The minimum Gasteiger partial charge on any atom is -0.480 e. The number of anilines is 2. The predicted molar refractivity (Wildman–Crippen MR) is 135 cm³/mol. The monoisotopic (exact) mass is 528 g/mol. The van der Waals surface area contributed by atoms with E-state index in [1.165, 1.54) is 12.1 Å². The lowest BCUT2D eigenvalue weighted by Gasteiger charge is -2.20. The molecule has 178 valence electrons. The fourth-order valence-electron chi connectivity index (χ4n) is 4.56. The molecule has 1 saturated carbocycles. The molecule has 2 N–H and O–H groups in total. The molecule has 2 amide bonds. The summed E-state index contributed by atoms with van der Waals surface area (Å²) in [5.74, 6) is -1.84. The molecule has 9 heteroatoms. The topological polar surface area (TPSA) is 86.7 Å². The van der Waals surface area contributed by atoms with E-state index in [0.717, 1.165) is 24.1 Å². The van der Waals surface area contributed by atoms with E-state index in [0.29, 0.717) is 16.3 Å². The second-order valence-electron chi connectivity index (χ2n) is 8.72. The van der Waals surface area contributed by atoms with Gasteiger partial charge in [0.2, 0.25) is 5.91 Å². The van der Waals surface area contributed by atoms with Crippen molar-refractivity contribution in [1.82, 2.24) is 5.32 Å². The van der Waals surface area contributed by atoms with Gasteiger partial charge in [0.1, 0.15) is 6.04 Å². The van der Waals surface area contributed by atoms with E-state index in [9.17, 15) is 19.5 Å². The summed E-state index contributed by atoms with van der Waals surface area (Å²) in [5.41, 5.74) is 2.67. The average Bonchev–Trinajstić information content (AvgIpc) is 3.57. The van der Waals surface area contributed by atoms with Gasteiger partial charge in [-0.25, -0.2) is 4.79 Å². The molecule has 1 atom stereocenters. The number of nitrogens with zero attached hydrogens (tertiary/aromatic N) is 1. The maximum atomic E-state index is 13.3. The second kappa shape index (κ2) is 8.86. The van der Waals surface area contributed by atoms with E-state index >= 15 is 0 Å². The summed E-state index contributed by atoms with van der Waals surface area (Å²) in [5, 5.41) is 13.0. The molecule has 35 heavy (non-hydrogen) atoms. The first-order valence-corrected chi connectivity index (χ1v) is 12.1. The summed E-state index contributed by atoms with van der Waals surface area (Å²) >= 11 is 18.4. The molecule has 1 heterocycles. The molecule has 0 unspecified atom stereocenters. The lowest BCUT2D eigenvalue weighted by molar-refractivity contribution is -0.139. The number of aliphatic carboxylic acids is 1. The van der Waals surface area contributed by atoms with Gasteiger partial charge in [0.25, 0.3) is 5.91 Å². The van der Waals surface area contributed by atoms with Crippen LogP contribution in [0.3, 0.4) is 0 Å². The highest BCUT2D eigenvalue weighted by molar-refractivity contribution is 6.39. The highest BCUT2D eigenvalue weighted by Gasteiger charge is 2.59. The molecule has 1 aliphatic heterocycles. The molecule has 3 aromatic rings. The number of carbonyl (C=O) groups is 3. The van der Waals surface area contributed by atoms with Crippen molar-refractivity contribution in [3.05, 3.63) is 92.4 Å². The molecule has 1 aliphatic carbocycles. The minimum absolute atomic E-state index is 0.0230. The molecule has 2 aliphatic rings. The Labute approximate surface area is 216 Å². The Morgan fingerprint density at radius 3 is 2.26 bits per heavy atom. The Hall–Kier alpha value is -3.06. The van der Waals surface area contributed by atoms with Crippen molar-refractivity contribution < 1.29 is 19.5 Å². The van der Waals surface area contributed by atoms with E-state index < -0.39 is 23.3 Å². The summed E-state index contributed by atoms with van der Waals surface area (Å²) in [6.07, 6.45) is 1.65. The highest BCUT2D eigenvalue weighted by Crippen LogP contribution is 2.59. The van der Waals surface area contributed by atoms with E-state index in [-0.39, 0.29) is 27.9 Å². The number of fused-ring (bicyclic) bond motifs is 2. The SMILES string of the molecule is O=C(N[C@@H](Cc1ccc(N2C(=O)C3(CC3)c3ccc(Cl)cc32)cc1)C(=O)O)c1c(Cl)cccc1Cl. The molecule has 5 rings (SSSR count). The first-order chi connectivity index (χ1) is 16.7. The summed E-state index contributed by atoms with van der Waals surface area (Å²) in [7, 11) is 0. The zero-order valence-electron chi connectivity index (χ0n) is 18.2. The Kier molecular flexibility index (Phi) is 5.99. The van der Waals surface area contributed by atoms with Gasteiger partial charge in [-0.15, -0.1) is 0 Å². The van der Waals surface area contributed by atoms with Gasteiger partial charge in [-0.3, -0.25) is 14.5 Å². The maximum Gasteiger partial charge on any atom is 0.326 e. The van der Waals surface area contributed by atoms with Crippen LogP contribution in [-0.4, -0.2) is 28.9 Å². The van der Waals surface area contributed by atoms with Gasteiger partial charge in [0.05, 0.1) is 26.7 Å². The van der Waals surface area contributed by atoms with Crippen LogP contribution in [0.5, 0.6) is 0 Å². The fraction of sp³-hybridized carbons (Fsp3) is 0.192. The molecular weight excluding hydrogens is 511 g/mol. The van der Waals surface area contributed by atoms with Gasteiger partial charge >= 0.3 is 5.97 Å². The van der Waals surface area contributed by atoms with Gasteiger partial charge in [-0.1, -0.05) is 59.1 Å². The van der Waals surface area contributed by atoms with Crippen molar-refractivity contribution in [2.24, 2.45) is 0 Å². The average molecular weight is 530 g/mol. The van der Waals surface area contributed by atoms with E-state index in [4.69, 9.17) is 34.8 Å². The van der Waals surface area contributed by atoms with Crippen molar-refractivity contribution in [2.45, 2.75) is 30.7 Å². The van der Waals surface area contributed by atoms with E-state index in [1.54, 1.807) is 47.4 Å². The number of hydrogen-bond donors (Lipinski definition) is 2. The standard InChI is InChI=1S/C26H19Cl3N2O4/c27-15-6-9-17-21(13-15)31(25(35)26(17)10-11-26)16-7-4-14(5-8-16)12-20(24(33)34)30-23(32)22-18(28)2-1-3-19(22)29/h1-9,13,20H,10-12H2,(H,30,32)(H,33,34)/t20-/m0/s1. The van der Waals surface area contributed by atoms with Crippen LogP contribution in [0.1, 0.15) is 34.3 Å². The summed E-state index contributed by atoms with van der Waals surface area (Å²) in [4.78, 5) is 39.5. The molecule has 0 aromatic heterocycles. The van der Waals surface area contributed by atoms with Gasteiger partial charge in [-0.2, -0.15) is 0 Å². The number of rotatable bonds is 6. The zero-order valence-corrected chi connectivity index (χ0v) is 20.5. The van der Waals surface area contributed by atoms with Crippen LogP contribution in [0.25, 0.3) is 0 Å². The van der Waals surface area contributed by atoms with Gasteiger partial charge in [-0.05, 0) is 60.4 Å². The Morgan fingerprint density at radius 2 is 1.66 bits per heavy atom. The smallest absolute Gasteiger partial charge is 0.326 e. The number of nitrogens with one attached hydrogen (secondary N) is 1. The van der Waals surface area contributed by atoms with Crippen LogP contribution in [-0.2, 0) is 21.4 Å². The van der Waals surface area contributed by atoms with Gasteiger partial charge < -0.3 is 10.4 Å². The van der Waals surface area contributed by atoms with Crippen LogP contribution in [0.2, 0.25) is 15.1 Å². The first-order valence-electron chi connectivity index (χ1n) is 10.9. The molecule has 1 spiro atoms. The number of halogens is 3. The summed E-state index contributed by atoms with van der Waals surface area (Å²) < 4.78 is 0. The van der Waals surface area contributed by atoms with Crippen LogP contribution < -0.4 is 10.2 Å². The zero-order chi connectivity index (χ0) is 24.9. The van der Waals surface area contributed by atoms with Crippen molar-refractivity contribution in [3.8, 4) is 0 Å². The minimum atomic E-state index is -1.21. The van der Waals surface area contributed by atoms with Crippen molar-refractivity contribution in [1.29, 1.82) is 0 Å². The lowest BCUT2D eigenvalue weighted by atomic mass is 9.98. The Bertz CT molecular complexity index is 1350. The van der Waals surface area contributed by atoms with Crippen LogP contribution in [0.4, 0.5) is 11.4 Å². The van der Waals surface area contributed by atoms with E-state index in [1.807, 2.05) is 6.07 Å². The third-order valence-electron chi connectivity index (χ3n) is 6.51. The third-order valence-corrected chi connectivity index (χ3v) is 7.37. The van der Waals surface area contributed by atoms with Crippen LogP contribution in [0.15, 0.2) is 60.7 Å². The first kappa shape index (κ1) is 23.7. The number of hydrogen-bond acceptors (Lipinski definition) is 3. The van der Waals surface area contributed by atoms with Crippen molar-refractivity contribution >= 4 is 64.0 Å². The number of carbonyl (C=O) groups excluding carboxylic acids is 2. The van der Waals surface area contributed by atoms with Gasteiger partial charge in [0.15, 0.2) is 0 Å². The Morgan fingerprint density at radius 1 is 1.00 bits per heavy atom. The largest absolute Gasteiger partial charge is 0.480 e. The van der Waals surface area contributed by atoms with Crippen molar-refractivity contribution in [3.63, 3.8) is 0 Å². The van der Waals surface area contributed by atoms with Crippen LogP contribution >= 0.6 is 34.8 Å². The van der Waals surface area contributed by atoms with E-state index in [2.05, 4.69) is 5.32 Å². The molecule has 0 bridgehead atoms. The lowest BCUT2D eigenvalue weighted by Crippen LogP contribution is -2.42. The van der Waals surface area contributed by atoms with Crippen LogP contribution in [0, 0.1) is 0 Å². The third kappa shape index (κ3) is 4.16. The normalized spacial score (nSPS) is 16.2. The molecule has 1 fully saturated rings.